The second kappa shape index (κ2) is 7.62. The number of nitrogens with zero attached hydrogens (tertiary/aromatic N) is 1. The molecule has 1 unspecified atom stereocenters. The van der Waals surface area contributed by atoms with Crippen molar-refractivity contribution in [2.75, 3.05) is 13.1 Å². The van der Waals surface area contributed by atoms with Gasteiger partial charge in [0.25, 0.3) is 5.91 Å². The summed E-state index contributed by atoms with van der Waals surface area (Å²) in [4.78, 5) is 29.2. The van der Waals surface area contributed by atoms with Crippen molar-refractivity contribution in [3.05, 3.63) is 57.3 Å². The van der Waals surface area contributed by atoms with Crippen LogP contribution in [0.15, 0.2) is 36.4 Å². The van der Waals surface area contributed by atoms with Gasteiger partial charge < -0.3 is 10.2 Å². The molecule has 1 aromatic heterocycles. The maximum absolute atomic E-state index is 12.6. The molecule has 0 radical (unpaired) electrons. The van der Waals surface area contributed by atoms with Crippen molar-refractivity contribution in [2.45, 2.75) is 38.6 Å². The molecule has 4 rings (SSSR count). The van der Waals surface area contributed by atoms with Crippen molar-refractivity contribution in [2.24, 2.45) is 5.92 Å². The number of thiophene rings is 1. The predicted octanol–water partition coefficient (Wildman–Crippen LogP) is 3.41. The molecule has 1 fully saturated rings. The zero-order chi connectivity index (χ0) is 17.9. The fraction of sp³-hybridized carbons (Fsp3) is 0.429. The van der Waals surface area contributed by atoms with Gasteiger partial charge in [0, 0.05) is 30.4 Å². The lowest BCUT2D eigenvalue weighted by molar-refractivity contribution is -0.125. The molecule has 2 aromatic rings. The van der Waals surface area contributed by atoms with Crippen LogP contribution in [0, 0.1) is 5.92 Å². The molecule has 4 nitrogen and oxygen atoms in total. The van der Waals surface area contributed by atoms with Crippen LogP contribution in [0.3, 0.4) is 0 Å². The third-order valence-electron chi connectivity index (χ3n) is 5.37. The quantitative estimate of drug-likeness (QED) is 0.899. The van der Waals surface area contributed by atoms with Crippen LogP contribution in [0.2, 0.25) is 0 Å². The number of aryl methyl sites for hydroxylation is 1. The normalized spacial score (nSPS) is 19.2. The SMILES string of the molecule is O=C(NCc1ccccc1)C1CCc2sc(C(=O)N3CCCC3)cc2C1. The highest BCUT2D eigenvalue weighted by atomic mass is 32.1. The van der Waals surface area contributed by atoms with Gasteiger partial charge in [0.1, 0.15) is 0 Å². The van der Waals surface area contributed by atoms with Crippen LogP contribution in [0.1, 0.15) is 44.9 Å². The van der Waals surface area contributed by atoms with Gasteiger partial charge in [0.15, 0.2) is 0 Å². The van der Waals surface area contributed by atoms with E-state index in [9.17, 15) is 9.59 Å². The first-order valence-electron chi connectivity index (χ1n) is 9.43. The maximum Gasteiger partial charge on any atom is 0.263 e. The van der Waals surface area contributed by atoms with Crippen LogP contribution in [0.25, 0.3) is 0 Å². The van der Waals surface area contributed by atoms with Gasteiger partial charge in [0.2, 0.25) is 5.91 Å². The molecule has 0 spiro atoms. The Balaban J connectivity index is 1.38. The van der Waals surface area contributed by atoms with E-state index in [0.717, 1.165) is 55.6 Å². The average molecular weight is 369 g/mol. The number of hydrogen-bond acceptors (Lipinski definition) is 3. The summed E-state index contributed by atoms with van der Waals surface area (Å²) in [5.74, 6) is 0.306. The van der Waals surface area contributed by atoms with Gasteiger partial charge in [-0.2, -0.15) is 0 Å². The van der Waals surface area contributed by atoms with E-state index in [1.807, 2.05) is 41.3 Å². The predicted molar refractivity (Wildman–Crippen MR) is 103 cm³/mol. The molecule has 2 aliphatic rings. The summed E-state index contributed by atoms with van der Waals surface area (Å²) < 4.78 is 0. The van der Waals surface area contributed by atoms with E-state index >= 15 is 0 Å². The van der Waals surface area contributed by atoms with E-state index < -0.39 is 0 Å². The standard InChI is InChI=1S/C21H24N2O2S/c24-20(22-14-15-6-2-1-3-7-15)16-8-9-18-17(12-16)13-19(26-18)21(25)23-10-4-5-11-23/h1-3,6-7,13,16H,4-5,8-12,14H2,(H,22,24). The Bertz CT molecular complexity index is 794. The van der Waals surface area contributed by atoms with Gasteiger partial charge in [-0.05, 0) is 49.3 Å². The van der Waals surface area contributed by atoms with E-state index in [2.05, 4.69) is 5.32 Å². The van der Waals surface area contributed by atoms with Crippen LogP contribution < -0.4 is 5.32 Å². The summed E-state index contributed by atoms with van der Waals surface area (Å²) in [5.41, 5.74) is 2.31. The van der Waals surface area contributed by atoms with Crippen LogP contribution in [-0.2, 0) is 24.2 Å². The number of rotatable bonds is 4. The molecule has 1 atom stereocenters. The van der Waals surface area contributed by atoms with E-state index in [1.165, 1.54) is 10.4 Å². The molecule has 1 aromatic carbocycles. The number of amides is 2. The summed E-state index contributed by atoms with van der Waals surface area (Å²) in [6.45, 7) is 2.34. The van der Waals surface area contributed by atoms with E-state index in [0.29, 0.717) is 6.54 Å². The average Bonchev–Trinajstić information content (AvgIpc) is 3.35. The molecule has 1 aliphatic heterocycles. The Hall–Kier alpha value is -2.14. The van der Waals surface area contributed by atoms with Gasteiger partial charge in [-0.15, -0.1) is 11.3 Å². The van der Waals surface area contributed by atoms with Crippen molar-refractivity contribution in [1.82, 2.24) is 10.2 Å². The highest BCUT2D eigenvalue weighted by Crippen LogP contribution is 2.33. The Labute approximate surface area is 158 Å². The number of hydrogen-bond donors (Lipinski definition) is 1. The monoisotopic (exact) mass is 368 g/mol. The minimum absolute atomic E-state index is 0.00977. The van der Waals surface area contributed by atoms with Gasteiger partial charge in [0.05, 0.1) is 4.88 Å². The van der Waals surface area contributed by atoms with Crippen molar-refractivity contribution >= 4 is 23.2 Å². The fourth-order valence-corrected chi connectivity index (χ4v) is 5.03. The number of benzene rings is 1. The molecule has 5 heteroatoms. The second-order valence-corrected chi connectivity index (χ2v) is 8.34. The molecule has 1 aliphatic carbocycles. The van der Waals surface area contributed by atoms with Crippen molar-refractivity contribution < 1.29 is 9.59 Å². The Morgan fingerprint density at radius 3 is 2.69 bits per heavy atom. The zero-order valence-corrected chi connectivity index (χ0v) is 15.7. The first-order chi connectivity index (χ1) is 12.7. The number of fused-ring (bicyclic) bond motifs is 1. The van der Waals surface area contributed by atoms with Gasteiger partial charge in [-0.25, -0.2) is 0 Å². The molecule has 1 N–H and O–H groups in total. The summed E-state index contributed by atoms with van der Waals surface area (Å²) in [6, 6.07) is 12.0. The highest BCUT2D eigenvalue weighted by Gasteiger charge is 2.29. The van der Waals surface area contributed by atoms with Crippen molar-refractivity contribution in [3.63, 3.8) is 0 Å². The lowest BCUT2D eigenvalue weighted by atomic mass is 9.87. The molecule has 1 saturated heterocycles. The van der Waals surface area contributed by atoms with E-state index in [1.54, 1.807) is 11.3 Å². The molecule has 136 valence electrons. The molecular weight excluding hydrogens is 344 g/mol. The smallest absolute Gasteiger partial charge is 0.263 e. The number of nitrogens with one attached hydrogen (secondary N) is 1. The van der Waals surface area contributed by atoms with Crippen LogP contribution in [0.4, 0.5) is 0 Å². The molecular formula is C21H24N2O2S. The topological polar surface area (TPSA) is 49.4 Å². The van der Waals surface area contributed by atoms with E-state index in [-0.39, 0.29) is 17.7 Å². The maximum atomic E-state index is 12.6. The minimum Gasteiger partial charge on any atom is -0.352 e. The lowest BCUT2D eigenvalue weighted by Crippen LogP contribution is -2.33. The van der Waals surface area contributed by atoms with Gasteiger partial charge in [-0.3, -0.25) is 9.59 Å². The summed E-state index contributed by atoms with van der Waals surface area (Å²) in [6.07, 6.45) is 4.74. The third kappa shape index (κ3) is 3.68. The minimum atomic E-state index is 0.00977. The summed E-state index contributed by atoms with van der Waals surface area (Å²) in [7, 11) is 0. The first-order valence-corrected chi connectivity index (χ1v) is 10.2. The fourth-order valence-electron chi connectivity index (χ4n) is 3.86. The van der Waals surface area contributed by atoms with E-state index in [4.69, 9.17) is 0 Å². The lowest BCUT2D eigenvalue weighted by Gasteiger charge is -2.21. The van der Waals surface area contributed by atoms with Crippen LogP contribution >= 0.6 is 11.3 Å². The molecule has 2 amide bonds. The van der Waals surface area contributed by atoms with Crippen molar-refractivity contribution in [3.8, 4) is 0 Å². The largest absolute Gasteiger partial charge is 0.352 e. The zero-order valence-electron chi connectivity index (χ0n) is 14.9. The van der Waals surface area contributed by atoms with Gasteiger partial charge in [-0.1, -0.05) is 30.3 Å². The second-order valence-electron chi connectivity index (χ2n) is 7.20. The number of carbonyl (C=O) groups excluding carboxylic acids is 2. The molecule has 0 bridgehead atoms. The number of carbonyl (C=O) groups is 2. The third-order valence-corrected chi connectivity index (χ3v) is 6.59. The van der Waals surface area contributed by atoms with Crippen LogP contribution in [-0.4, -0.2) is 29.8 Å². The first kappa shape index (κ1) is 17.3. The van der Waals surface area contributed by atoms with Crippen molar-refractivity contribution in [1.29, 1.82) is 0 Å². The number of likely N-dealkylation sites (tertiary alicyclic amines) is 1. The summed E-state index contributed by atoms with van der Waals surface area (Å²) >= 11 is 1.63. The summed E-state index contributed by atoms with van der Waals surface area (Å²) in [5, 5.41) is 3.06. The molecule has 26 heavy (non-hydrogen) atoms. The molecule has 2 heterocycles. The Morgan fingerprint density at radius 2 is 1.92 bits per heavy atom. The van der Waals surface area contributed by atoms with Gasteiger partial charge >= 0.3 is 0 Å². The molecule has 0 saturated carbocycles. The highest BCUT2D eigenvalue weighted by molar-refractivity contribution is 7.14. The Kier molecular flexibility index (Phi) is 5.07. The Morgan fingerprint density at radius 1 is 1.15 bits per heavy atom. The van der Waals surface area contributed by atoms with Crippen LogP contribution in [0.5, 0.6) is 0 Å².